The van der Waals surface area contributed by atoms with Gasteiger partial charge in [-0.1, -0.05) is 11.6 Å². The molecule has 1 aromatic heterocycles. The summed E-state index contributed by atoms with van der Waals surface area (Å²) in [6.45, 7) is 0.382. The van der Waals surface area contributed by atoms with Gasteiger partial charge in [0.1, 0.15) is 13.2 Å². The van der Waals surface area contributed by atoms with Crippen LogP contribution in [0.2, 0.25) is 4.34 Å². The van der Waals surface area contributed by atoms with Crippen molar-refractivity contribution in [3.05, 3.63) is 45.6 Å². The highest BCUT2D eigenvalue weighted by molar-refractivity contribution is 7.18. The van der Waals surface area contributed by atoms with Gasteiger partial charge in [0.2, 0.25) is 5.91 Å². The average molecular weight is 466 g/mol. The van der Waals surface area contributed by atoms with Crippen LogP contribution in [0.3, 0.4) is 0 Å². The normalized spacial score (nSPS) is 13.7. The zero-order valence-corrected chi connectivity index (χ0v) is 17.9. The van der Waals surface area contributed by atoms with E-state index >= 15 is 0 Å². The monoisotopic (exact) mass is 465 g/mol. The number of hydrogen-bond donors (Lipinski definition) is 2. The third-order valence-corrected chi connectivity index (χ3v) is 5.70. The molecule has 3 amide bonds. The van der Waals surface area contributed by atoms with Crippen LogP contribution < -0.4 is 15.1 Å². The summed E-state index contributed by atoms with van der Waals surface area (Å²) >= 11 is 6.93. The van der Waals surface area contributed by atoms with E-state index in [9.17, 15) is 24.3 Å². The van der Waals surface area contributed by atoms with E-state index in [1.165, 1.54) is 0 Å². The molecule has 0 atom stereocenters. The molecule has 11 heteroatoms. The number of carboxylic acid groups (broad SMARTS) is 1. The number of halogens is 1. The Bertz CT molecular complexity index is 978. The van der Waals surface area contributed by atoms with Crippen molar-refractivity contribution < 1.29 is 29.0 Å². The minimum Gasteiger partial charge on any atom is -0.480 e. The number of ether oxygens (including phenoxy) is 1. The fourth-order valence-corrected chi connectivity index (χ4v) is 3.96. The van der Waals surface area contributed by atoms with Gasteiger partial charge in [-0.3, -0.25) is 19.2 Å². The Kier molecular flexibility index (Phi) is 7.61. The average Bonchev–Trinajstić information content (AvgIpc) is 3.19. The van der Waals surface area contributed by atoms with Gasteiger partial charge in [-0.15, -0.1) is 11.3 Å². The molecule has 0 saturated carbocycles. The van der Waals surface area contributed by atoms with Crippen LogP contribution in [-0.2, 0) is 19.1 Å². The predicted octanol–water partition coefficient (Wildman–Crippen LogP) is 2.00. The Morgan fingerprint density at radius 1 is 1.19 bits per heavy atom. The van der Waals surface area contributed by atoms with Gasteiger partial charge in [-0.05, 0) is 36.4 Å². The molecule has 1 aromatic carbocycles. The maximum Gasteiger partial charge on any atom is 0.323 e. The van der Waals surface area contributed by atoms with Crippen LogP contribution in [0.4, 0.5) is 11.4 Å². The van der Waals surface area contributed by atoms with Gasteiger partial charge >= 0.3 is 5.97 Å². The van der Waals surface area contributed by atoms with Crippen molar-refractivity contribution in [2.24, 2.45) is 0 Å². The molecule has 1 aliphatic rings. The number of nitrogens with zero attached hydrogens (tertiary/aromatic N) is 2. The van der Waals surface area contributed by atoms with Crippen molar-refractivity contribution in [1.29, 1.82) is 0 Å². The second-order valence-electron chi connectivity index (χ2n) is 6.60. The third kappa shape index (κ3) is 6.03. The second kappa shape index (κ2) is 10.4. The molecular formula is C20H20ClN3O6S. The van der Waals surface area contributed by atoms with Gasteiger partial charge in [0.05, 0.1) is 15.8 Å². The van der Waals surface area contributed by atoms with Gasteiger partial charge < -0.3 is 25.0 Å². The van der Waals surface area contributed by atoms with E-state index in [4.69, 9.17) is 16.3 Å². The summed E-state index contributed by atoms with van der Waals surface area (Å²) in [4.78, 5) is 51.1. The van der Waals surface area contributed by atoms with Crippen LogP contribution >= 0.6 is 22.9 Å². The predicted molar refractivity (Wildman–Crippen MR) is 116 cm³/mol. The smallest absolute Gasteiger partial charge is 0.323 e. The number of carbonyl (C=O) groups is 4. The molecule has 2 heterocycles. The SMILES string of the molecule is O=C(O)CN(C(=O)CCNC(=O)c1ccc(Cl)s1)c1ccc(N2CCOCC2=O)cc1. The van der Waals surface area contributed by atoms with E-state index in [1.54, 1.807) is 41.3 Å². The lowest BCUT2D eigenvalue weighted by atomic mass is 10.2. The first-order valence-corrected chi connectivity index (χ1v) is 10.6. The largest absolute Gasteiger partial charge is 0.480 e. The number of thiophene rings is 1. The zero-order valence-electron chi connectivity index (χ0n) is 16.4. The second-order valence-corrected chi connectivity index (χ2v) is 8.31. The van der Waals surface area contributed by atoms with Crippen molar-refractivity contribution in [2.45, 2.75) is 6.42 Å². The van der Waals surface area contributed by atoms with E-state index in [2.05, 4.69) is 5.32 Å². The van der Waals surface area contributed by atoms with E-state index in [0.717, 1.165) is 16.2 Å². The number of amides is 3. The summed E-state index contributed by atoms with van der Waals surface area (Å²) in [6.07, 6.45) is -0.0815. The maximum absolute atomic E-state index is 12.7. The number of morpholine rings is 1. The summed E-state index contributed by atoms with van der Waals surface area (Å²) in [5, 5.41) is 11.8. The van der Waals surface area contributed by atoms with E-state index in [-0.39, 0.29) is 31.4 Å². The molecular weight excluding hydrogens is 446 g/mol. The Morgan fingerprint density at radius 3 is 2.55 bits per heavy atom. The van der Waals surface area contributed by atoms with Gasteiger partial charge in [0.15, 0.2) is 0 Å². The number of carboxylic acids is 1. The topological polar surface area (TPSA) is 116 Å². The lowest BCUT2D eigenvalue weighted by Gasteiger charge is -2.27. The Hall–Kier alpha value is -2.95. The van der Waals surface area contributed by atoms with Crippen LogP contribution in [0.1, 0.15) is 16.1 Å². The quantitative estimate of drug-likeness (QED) is 0.616. The van der Waals surface area contributed by atoms with Crippen molar-refractivity contribution >= 4 is 58.0 Å². The van der Waals surface area contributed by atoms with Crippen molar-refractivity contribution in [1.82, 2.24) is 5.32 Å². The number of anilines is 2. The molecule has 1 aliphatic heterocycles. The zero-order chi connectivity index (χ0) is 22.4. The summed E-state index contributed by atoms with van der Waals surface area (Å²) in [6, 6.07) is 9.68. The molecule has 0 spiro atoms. The molecule has 0 bridgehead atoms. The molecule has 2 aromatic rings. The fraction of sp³-hybridized carbons (Fsp3) is 0.300. The number of nitrogens with one attached hydrogen (secondary N) is 1. The molecule has 0 aliphatic carbocycles. The first-order chi connectivity index (χ1) is 14.8. The van der Waals surface area contributed by atoms with Crippen molar-refractivity contribution in [3.8, 4) is 0 Å². The van der Waals surface area contributed by atoms with Crippen LogP contribution in [0.15, 0.2) is 36.4 Å². The van der Waals surface area contributed by atoms with E-state index in [0.29, 0.717) is 33.7 Å². The molecule has 3 rings (SSSR count). The number of carbonyl (C=O) groups excluding carboxylic acids is 3. The first-order valence-electron chi connectivity index (χ1n) is 9.39. The molecule has 31 heavy (non-hydrogen) atoms. The van der Waals surface area contributed by atoms with Crippen LogP contribution in [0.25, 0.3) is 0 Å². The van der Waals surface area contributed by atoms with Crippen molar-refractivity contribution in [2.75, 3.05) is 42.6 Å². The van der Waals surface area contributed by atoms with Crippen LogP contribution in [0.5, 0.6) is 0 Å². The van der Waals surface area contributed by atoms with Crippen molar-refractivity contribution in [3.63, 3.8) is 0 Å². The third-order valence-electron chi connectivity index (χ3n) is 4.47. The molecule has 0 radical (unpaired) electrons. The van der Waals surface area contributed by atoms with E-state index < -0.39 is 18.4 Å². The summed E-state index contributed by atoms with van der Waals surface area (Å²) in [5.41, 5.74) is 1.02. The molecule has 9 nitrogen and oxygen atoms in total. The molecule has 1 fully saturated rings. The van der Waals surface area contributed by atoms with Crippen LogP contribution in [0, 0.1) is 0 Å². The van der Waals surface area contributed by atoms with Crippen LogP contribution in [-0.4, -0.2) is 61.6 Å². The number of benzene rings is 1. The lowest BCUT2D eigenvalue weighted by molar-refractivity contribution is -0.136. The summed E-state index contributed by atoms with van der Waals surface area (Å²) in [7, 11) is 0. The molecule has 2 N–H and O–H groups in total. The molecule has 0 unspecified atom stereocenters. The summed E-state index contributed by atoms with van der Waals surface area (Å²) < 4.78 is 5.59. The number of rotatable bonds is 8. The highest BCUT2D eigenvalue weighted by Crippen LogP contribution is 2.23. The highest BCUT2D eigenvalue weighted by atomic mass is 35.5. The summed E-state index contributed by atoms with van der Waals surface area (Å²) in [5.74, 6) is -2.14. The Labute approximate surface area is 187 Å². The fourth-order valence-electron chi connectivity index (χ4n) is 3.00. The number of aliphatic carboxylic acids is 1. The molecule has 164 valence electrons. The lowest BCUT2D eigenvalue weighted by Crippen LogP contribution is -2.41. The van der Waals surface area contributed by atoms with Gasteiger partial charge in [-0.25, -0.2) is 0 Å². The molecule has 1 saturated heterocycles. The Balaban J connectivity index is 1.63. The van der Waals surface area contributed by atoms with Gasteiger partial charge in [-0.2, -0.15) is 0 Å². The van der Waals surface area contributed by atoms with Gasteiger partial charge in [0, 0.05) is 30.9 Å². The minimum atomic E-state index is -1.17. The van der Waals surface area contributed by atoms with E-state index in [1.807, 2.05) is 0 Å². The Morgan fingerprint density at radius 2 is 1.94 bits per heavy atom. The highest BCUT2D eigenvalue weighted by Gasteiger charge is 2.22. The number of hydrogen-bond acceptors (Lipinski definition) is 6. The maximum atomic E-state index is 12.7. The first kappa shape index (κ1) is 22.7. The van der Waals surface area contributed by atoms with Gasteiger partial charge in [0.25, 0.3) is 11.8 Å². The minimum absolute atomic E-state index is 0.00870. The standard InChI is InChI=1S/C20H20ClN3O6S/c21-16-6-5-15(31-16)20(29)22-8-7-17(25)24(11-19(27)28)14-3-1-13(2-4-14)23-9-10-30-12-18(23)26/h1-6H,7-12H2,(H,22,29)(H,27,28).